The van der Waals surface area contributed by atoms with E-state index in [9.17, 15) is 14.4 Å². The molecule has 0 spiro atoms. The first-order valence-corrected chi connectivity index (χ1v) is 15.1. The van der Waals surface area contributed by atoms with Crippen molar-refractivity contribution < 1.29 is 14.4 Å². The molecule has 41 heavy (non-hydrogen) atoms. The van der Waals surface area contributed by atoms with Crippen LogP contribution in [0.4, 0.5) is 10.8 Å². The van der Waals surface area contributed by atoms with E-state index in [1.54, 1.807) is 42.5 Å². The fourth-order valence-electron chi connectivity index (χ4n) is 3.73. The number of rotatable bonds is 9. The van der Waals surface area contributed by atoms with Crippen molar-refractivity contribution in [1.29, 1.82) is 0 Å². The molecule has 0 unspecified atom stereocenters. The van der Waals surface area contributed by atoms with Gasteiger partial charge >= 0.3 is 0 Å². The second kappa shape index (κ2) is 13.4. The lowest BCUT2D eigenvalue weighted by Crippen LogP contribution is -2.30. The van der Waals surface area contributed by atoms with Gasteiger partial charge in [0.2, 0.25) is 5.91 Å². The van der Waals surface area contributed by atoms with Gasteiger partial charge in [0, 0.05) is 20.6 Å². The highest BCUT2D eigenvalue weighted by Gasteiger charge is 2.15. The molecule has 0 bridgehead atoms. The number of aromatic nitrogens is 1. The molecule has 0 aliphatic carbocycles. The highest BCUT2D eigenvalue weighted by molar-refractivity contribution is 9.10. The van der Waals surface area contributed by atoms with E-state index < -0.39 is 5.91 Å². The molecule has 0 atom stereocenters. The molecule has 3 amide bonds. The van der Waals surface area contributed by atoms with E-state index in [2.05, 4.69) is 36.9 Å². The Balaban J connectivity index is 1.21. The number of carbonyl (C=O) groups is 3. The van der Waals surface area contributed by atoms with Gasteiger partial charge in [0.15, 0.2) is 5.13 Å². The van der Waals surface area contributed by atoms with Crippen LogP contribution in [0.1, 0.15) is 15.9 Å². The zero-order valence-corrected chi connectivity index (χ0v) is 24.7. The molecule has 4 aromatic carbocycles. The van der Waals surface area contributed by atoms with Crippen LogP contribution in [-0.2, 0) is 9.59 Å². The molecule has 5 aromatic rings. The van der Waals surface area contributed by atoms with Gasteiger partial charge in [-0.15, -0.1) is 11.8 Å². The number of carbonyl (C=O) groups excluding carboxylic acids is 3. The molecule has 0 radical (unpaired) electrons. The number of anilines is 2. The molecule has 0 saturated carbocycles. The molecule has 1 aromatic heterocycles. The second-order valence-corrected chi connectivity index (χ2v) is 11.7. The summed E-state index contributed by atoms with van der Waals surface area (Å²) in [4.78, 5) is 43.8. The lowest BCUT2D eigenvalue weighted by molar-refractivity contribution is -0.114. The number of amides is 3. The molecule has 7 nitrogen and oxygen atoms in total. The molecule has 0 aliphatic rings. The summed E-state index contributed by atoms with van der Waals surface area (Å²) in [5, 5.41) is 9.00. The summed E-state index contributed by atoms with van der Waals surface area (Å²) in [5.41, 5.74) is 2.70. The summed E-state index contributed by atoms with van der Waals surface area (Å²) >= 11 is 6.22. The number of halogens is 1. The number of fused-ring (bicyclic) bond motifs is 1. The molecule has 10 heteroatoms. The third kappa shape index (κ3) is 7.91. The number of para-hydroxylation sites is 1. The van der Waals surface area contributed by atoms with Crippen molar-refractivity contribution in [1.82, 2.24) is 10.3 Å². The van der Waals surface area contributed by atoms with Crippen molar-refractivity contribution in [2.45, 2.75) is 4.90 Å². The van der Waals surface area contributed by atoms with Crippen LogP contribution in [0.15, 0.2) is 118 Å². The van der Waals surface area contributed by atoms with E-state index in [1.807, 2.05) is 66.7 Å². The Morgan fingerprint density at radius 3 is 2.27 bits per heavy atom. The number of thioether (sulfide) groups is 1. The van der Waals surface area contributed by atoms with Crippen LogP contribution in [-0.4, -0.2) is 28.5 Å². The van der Waals surface area contributed by atoms with E-state index >= 15 is 0 Å². The predicted molar refractivity (Wildman–Crippen MR) is 170 cm³/mol. The van der Waals surface area contributed by atoms with Gasteiger partial charge in [-0.25, -0.2) is 4.98 Å². The summed E-state index contributed by atoms with van der Waals surface area (Å²) < 4.78 is 1.92. The SMILES string of the molecule is O=C(CSc1ccc(NC(=O)/C(=C/c2ccc(Br)cc2)NC(=O)c2ccccc2)cc1)Nc1nc2ccccc2s1. The second-order valence-electron chi connectivity index (χ2n) is 8.73. The Labute approximate surface area is 253 Å². The minimum absolute atomic E-state index is 0.103. The maximum absolute atomic E-state index is 13.2. The number of hydrogen-bond donors (Lipinski definition) is 3. The maximum atomic E-state index is 13.2. The Bertz CT molecular complexity index is 1690. The van der Waals surface area contributed by atoms with Crippen LogP contribution in [0.5, 0.6) is 0 Å². The summed E-state index contributed by atoms with van der Waals surface area (Å²) in [5.74, 6) is -0.788. The van der Waals surface area contributed by atoms with Gasteiger partial charge in [-0.2, -0.15) is 0 Å². The Kier molecular flexibility index (Phi) is 9.25. The van der Waals surface area contributed by atoms with Gasteiger partial charge in [-0.3, -0.25) is 14.4 Å². The van der Waals surface area contributed by atoms with Crippen molar-refractivity contribution in [2.24, 2.45) is 0 Å². The summed E-state index contributed by atoms with van der Waals surface area (Å²) in [6.45, 7) is 0. The van der Waals surface area contributed by atoms with Gasteiger partial charge in [0.25, 0.3) is 11.8 Å². The van der Waals surface area contributed by atoms with Gasteiger partial charge in [0.05, 0.1) is 16.0 Å². The minimum atomic E-state index is -0.465. The smallest absolute Gasteiger partial charge is 0.272 e. The standard InChI is InChI=1S/C31H23BrN4O3S2/c32-22-12-10-20(11-13-22)18-26(34-29(38)21-6-2-1-3-7-21)30(39)33-23-14-16-24(17-15-23)40-19-28(37)36-31-35-25-8-4-5-9-27(25)41-31/h1-18H,19H2,(H,33,39)(H,34,38)(H,35,36,37)/b26-18-. The molecule has 3 N–H and O–H groups in total. The molecule has 0 aliphatic heterocycles. The zero-order valence-electron chi connectivity index (χ0n) is 21.5. The number of benzene rings is 4. The molecular weight excluding hydrogens is 620 g/mol. The first-order chi connectivity index (χ1) is 19.9. The summed E-state index contributed by atoms with van der Waals surface area (Å²) in [6.07, 6.45) is 1.62. The average molecular weight is 644 g/mol. The zero-order chi connectivity index (χ0) is 28.6. The van der Waals surface area contributed by atoms with Gasteiger partial charge < -0.3 is 16.0 Å². The van der Waals surface area contributed by atoms with Crippen molar-refractivity contribution in [3.05, 3.63) is 124 Å². The molecule has 1 heterocycles. The quantitative estimate of drug-likeness (QED) is 0.117. The van der Waals surface area contributed by atoms with E-state index in [0.717, 1.165) is 25.1 Å². The maximum Gasteiger partial charge on any atom is 0.272 e. The van der Waals surface area contributed by atoms with E-state index in [4.69, 9.17) is 0 Å². The predicted octanol–water partition coefficient (Wildman–Crippen LogP) is 7.20. The topological polar surface area (TPSA) is 100 Å². The van der Waals surface area contributed by atoms with Crippen molar-refractivity contribution in [3.63, 3.8) is 0 Å². The van der Waals surface area contributed by atoms with Crippen LogP contribution < -0.4 is 16.0 Å². The first-order valence-electron chi connectivity index (χ1n) is 12.5. The van der Waals surface area contributed by atoms with Crippen LogP contribution >= 0.6 is 39.0 Å². The van der Waals surface area contributed by atoms with Crippen LogP contribution in [0.3, 0.4) is 0 Å². The summed E-state index contributed by atoms with van der Waals surface area (Å²) in [6, 6.07) is 31.0. The monoisotopic (exact) mass is 642 g/mol. The fraction of sp³-hybridized carbons (Fsp3) is 0.0323. The van der Waals surface area contributed by atoms with E-state index in [0.29, 0.717) is 16.4 Å². The van der Waals surface area contributed by atoms with Crippen molar-refractivity contribution >= 4 is 83.9 Å². The van der Waals surface area contributed by atoms with Gasteiger partial charge in [-0.1, -0.05) is 69.7 Å². The molecular formula is C31H23BrN4O3S2. The normalized spacial score (nSPS) is 11.2. The number of thiazole rings is 1. The van der Waals surface area contributed by atoms with Crippen LogP contribution in [0.2, 0.25) is 0 Å². The average Bonchev–Trinajstić information content (AvgIpc) is 3.40. The fourth-order valence-corrected chi connectivity index (χ4v) is 5.58. The molecule has 0 fully saturated rings. The molecule has 204 valence electrons. The minimum Gasteiger partial charge on any atom is -0.321 e. The Morgan fingerprint density at radius 2 is 1.54 bits per heavy atom. The van der Waals surface area contributed by atoms with E-state index in [-0.39, 0.29) is 23.3 Å². The van der Waals surface area contributed by atoms with Crippen molar-refractivity contribution in [2.75, 3.05) is 16.4 Å². The number of hydrogen-bond acceptors (Lipinski definition) is 6. The first kappa shape index (κ1) is 28.3. The Morgan fingerprint density at radius 1 is 0.829 bits per heavy atom. The van der Waals surface area contributed by atoms with Gasteiger partial charge in [-0.05, 0) is 72.3 Å². The lowest BCUT2D eigenvalue weighted by atomic mass is 10.1. The van der Waals surface area contributed by atoms with Crippen molar-refractivity contribution in [3.8, 4) is 0 Å². The van der Waals surface area contributed by atoms with E-state index in [1.165, 1.54) is 23.1 Å². The number of nitrogens with zero attached hydrogens (tertiary/aromatic N) is 1. The van der Waals surface area contributed by atoms with Crippen LogP contribution in [0, 0.1) is 0 Å². The largest absolute Gasteiger partial charge is 0.321 e. The third-order valence-corrected chi connectivity index (χ3v) is 8.22. The number of nitrogens with one attached hydrogen (secondary N) is 3. The Hall–Kier alpha value is -4.25. The lowest BCUT2D eigenvalue weighted by Gasteiger charge is -2.12. The third-order valence-electron chi connectivity index (χ3n) is 5.73. The molecule has 0 saturated heterocycles. The summed E-state index contributed by atoms with van der Waals surface area (Å²) in [7, 11) is 0. The molecule has 5 rings (SSSR count). The van der Waals surface area contributed by atoms with Crippen LogP contribution in [0.25, 0.3) is 16.3 Å². The van der Waals surface area contributed by atoms with Gasteiger partial charge in [0.1, 0.15) is 5.70 Å². The highest BCUT2D eigenvalue weighted by Crippen LogP contribution is 2.26. The highest BCUT2D eigenvalue weighted by atomic mass is 79.9.